The molecule has 2 aliphatic rings. The number of rotatable bonds is 3. The summed E-state index contributed by atoms with van der Waals surface area (Å²) in [5.41, 5.74) is 7.19. The quantitative estimate of drug-likeness (QED) is 0.893. The van der Waals surface area contributed by atoms with Gasteiger partial charge in [0.05, 0.1) is 0 Å². The number of likely N-dealkylation sites (tertiary alicyclic amines) is 1. The summed E-state index contributed by atoms with van der Waals surface area (Å²) in [6.45, 7) is 1.41. The average molecular weight is 324 g/mol. The molecule has 120 valence electrons. The third-order valence-corrected chi connectivity index (χ3v) is 4.15. The fourth-order valence-corrected chi connectivity index (χ4v) is 2.60. The Labute approximate surface area is 136 Å². The van der Waals surface area contributed by atoms with Gasteiger partial charge in [0.15, 0.2) is 0 Å². The SMILES string of the molecule is Cl.NC1CCN(C(=O)c2cccc(NC(=O)C3CC3)c2)CC1. The number of carbonyl (C=O) groups is 2. The van der Waals surface area contributed by atoms with Gasteiger partial charge in [-0.1, -0.05) is 6.07 Å². The summed E-state index contributed by atoms with van der Waals surface area (Å²) < 4.78 is 0. The molecule has 3 N–H and O–H groups in total. The van der Waals surface area contributed by atoms with Crippen LogP contribution in [0.4, 0.5) is 5.69 Å². The van der Waals surface area contributed by atoms with Crippen molar-refractivity contribution in [1.82, 2.24) is 4.90 Å². The first-order valence-corrected chi connectivity index (χ1v) is 7.59. The Kier molecular flexibility index (Phi) is 5.42. The summed E-state index contributed by atoms with van der Waals surface area (Å²) >= 11 is 0. The molecule has 6 heteroatoms. The van der Waals surface area contributed by atoms with Crippen molar-refractivity contribution in [2.45, 2.75) is 31.7 Å². The molecule has 0 bridgehead atoms. The number of anilines is 1. The van der Waals surface area contributed by atoms with Gasteiger partial charge in [0.25, 0.3) is 5.91 Å². The maximum Gasteiger partial charge on any atom is 0.253 e. The molecule has 1 aliphatic carbocycles. The van der Waals surface area contributed by atoms with Crippen LogP contribution in [0.2, 0.25) is 0 Å². The molecule has 5 nitrogen and oxygen atoms in total. The molecule has 1 aromatic rings. The fourth-order valence-electron chi connectivity index (χ4n) is 2.60. The number of benzene rings is 1. The van der Waals surface area contributed by atoms with Gasteiger partial charge in [-0.3, -0.25) is 9.59 Å². The number of carbonyl (C=O) groups excluding carboxylic acids is 2. The fraction of sp³-hybridized carbons (Fsp3) is 0.500. The van der Waals surface area contributed by atoms with Crippen molar-refractivity contribution in [3.63, 3.8) is 0 Å². The highest BCUT2D eigenvalue weighted by molar-refractivity contribution is 5.98. The van der Waals surface area contributed by atoms with Crippen LogP contribution in [0.1, 0.15) is 36.0 Å². The first-order valence-electron chi connectivity index (χ1n) is 7.59. The van der Waals surface area contributed by atoms with Gasteiger partial charge in [-0.05, 0) is 43.9 Å². The zero-order valence-corrected chi connectivity index (χ0v) is 13.3. The Morgan fingerprint density at radius 2 is 1.82 bits per heavy atom. The lowest BCUT2D eigenvalue weighted by Crippen LogP contribution is -2.42. The molecule has 0 spiro atoms. The minimum atomic E-state index is 0. The molecule has 1 aliphatic heterocycles. The van der Waals surface area contributed by atoms with Crippen molar-refractivity contribution in [3.05, 3.63) is 29.8 Å². The molecule has 1 aromatic carbocycles. The van der Waals surface area contributed by atoms with Crippen molar-refractivity contribution in [2.75, 3.05) is 18.4 Å². The average Bonchev–Trinajstić information content (AvgIpc) is 3.32. The number of nitrogens with zero attached hydrogens (tertiary/aromatic N) is 1. The zero-order chi connectivity index (χ0) is 14.8. The lowest BCUT2D eigenvalue weighted by molar-refractivity contribution is -0.117. The number of amides is 2. The minimum absolute atomic E-state index is 0. The van der Waals surface area contributed by atoms with Gasteiger partial charge >= 0.3 is 0 Å². The maximum absolute atomic E-state index is 12.5. The highest BCUT2D eigenvalue weighted by Crippen LogP contribution is 2.30. The second-order valence-corrected chi connectivity index (χ2v) is 5.97. The first-order chi connectivity index (χ1) is 10.1. The Bertz CT molecular complexity index is 552. The second kappa shape index (κ2) is 7.11. The van der Waals surface area contributed by atoms with Gasteiger partial charge in [-0.2, -0.15) is 0 Å². The molecule has 2 fully saturated rings. The summed E-state index contributed by atoms with van der Waals surface area (Å²) in [5, 5.41) is 2.88. The van der Waals surface area contributed by atoms with Crippen LogP contribution in [0.15, 0.2) is 24.3 Å². The van der Waals surface area contributed by atoms with Crippen LogP contribution >= 0.6 is 12.4 Å². The summed E-state index contributed by atoms with van der Waals surface area (Å²) in [6.07, 6.45) is 3.64. The molecular formula is C16H22ClN3O2. The number of piperidine rings is 1. The maximum atomic E-state index is 12.5. The monoisotopic (exact) mass is 323 g/mol. The van der Waals surface area contributed by atoms with Crippen LogP contribution in [0.25, 0.3) is 0 Å². The van der Waals surface area contributed by atoms with Crippen LogP contribution in [0.3, 0.4) is 0 Å². The van der Waals surface area contributed by atoms with Crippen molar-refractivity contribution in [3.8, 4) is 0 Å². The van der Waals surface area contributed by atoms with Crippen LogP contribution < -0.4 is 11.1 Å². The molecule has 2 amide bonds. The summed E-state index contributed by atoms with van der Waals surface area (Å²) in [7, 11) is 0. The molecule has 1 saturated heterocycles. The van der Waals surface area contributed by atoms with E-state index in [1.165, 1.54) is 0 Å². The molecule has 3 rings (SSSR count). The van der Waals surface area contributed by atoms with Crippen LogP contribution in [-0.4, -0.2) is 35.8 Å². The predicted molar refractivity (Wildman–Crippen MR) is 88.2 cm³/mol. The molecule has 1 heterocycles. The second-order valence-electron chi connectivity index (χ2n) is 5.97. The van der Waals surface area contributed by atoms with Gasteiger partial charge in [-0.15, -0.1) is 12.4 Å². The van der Waals surface area contributed by atoms with E-state index in [4.69, 9.17) is 5.73 Å². The Hall–Kier alpha value is -1.59. The van der Waals surface area contributed by atoms with E-state index >= 15 is 0 Å². The summed E-state index contributed by atoms with van der Waals surface area (Å²) in [4.78, 5) is 26.1. The number of halogens is 1. The third-order valence-electron chi connectivity index (χ3n) is 4.15. The summed E-state index contributed by atoms with van der Waals surface area (Å²) in [5.74, 6) is 0.237. The molecule has 22 heavy (non-hydrogen) atoms. The molecule has 0 atom stereocenters. The van der Waals surface area contributed by atoms with Crippen molar-refractivity contribution in [1.29, 1.82) is 0 Å². The topological polar surface area (TPSA) is 75.4 Å². The predicted octanol–water partition coefficient (Wildman–Crippen LogP) is 2.02. The molecular weight excluding hydrogens is 302 g/mol. The van der Waals surface area contributed by atoms with E-state index in [1.54, 1.807) is 12.1 Å². The highest BCUT2D eigenvalue weighted by atomic mass is 35.5. The van der Waals surface area contributed by atoms with E-state index in [1.807, 2.05) is 17.0 Å². The van der Waals surface area contributed by atoms with Gasteiger partial charge in [0, 0.05) is 36.3 Å². The zero-order valence-electron chi connectivity index (χ0n) is 12.5. The van der Waals surface area contributed by atoms with Crippen LogP contribution in [-0.2, 0) is 4.79 Å². The molecule has 0 aromatic heterocycles. The lowest BCUT2D eigenvalue weighted by atomic mass is 10.0. The number of nitrogens with two attached hydrogens (primary N) is 1. The van der Waals surface area contributed by atoms with E-state index < -0.39 is 0 Å². The number of hydrogen-bond donors (Lipinski definition) is 2. The Morgan fingerprint density at radius 3 is 2.45 bits per heavy atom. The lowest BCUT2D eigenvalue weighted by Gasteiger charge is -2.30. The van der Waals surface area contributed by atoms with Gasteiger partial charge in [0.2, 0.25) is 5.91 Å². The van der Waals surface area contributed by atoms with Crippen LogP contribution in [0, 0.1) is 5.92 Å². The minimum Gasteiger partial charge on any atom is -0.339 e. The summed E-state index contributed by atoms with van der Waals surface area (Å²) in [6, 6.07) is 7.40. The largest absolute Gasteiger partial charge is 0.339 e. The van der Waals surface area contributed by atoms with Gasteiger partial charge < -0.3 is 16.0 Å². The highest BCUT2D eigenvalue weighted by Gasteiger charge is 2.29. The van der Waals surface area contributed by atoms with E-state index in [9.17, 15) is 9.59 Å². The van der Waals surface area contributed by atoms with Crippen molar-refractivity contribution >= 4 is 29.9 Å². The van der Waals surface area contributed by atoms with Crippen molar-refractivity contribution in [2.24, 2.45) is 11.7 Å². The third kappa shape index (κ3) is 3.99. The molecule has 0 radical (unpaired) electrons. The van der Waals surface area contributed by atoms with Crippen LogP contribution in [0.5, 0.6) is 0 Å². The van der Waals surface area contributed by atoms with E-state index in [2.05, 4.69) is 5.32 Å². The Morgan fingerprint density at radius 1 is 1.14 bits per heavy atom. The molecule has 1 saturated carbocycles. The van der Waals surface area contributed by atoms with Gasteiger partial charge in [0.1, 0.15) is 0 Å². The first kappa shape index (κ1) is 16.8. The normalized spacial score (nSPS) is 18.5. The van der Waals surface area contributed by atoms with E-state index in [0.29, 0.717) is 24.3 Å². The smallest absolute Gasteiger partial charge is 0.253 e. The standard InChI is InChI=1S/C16H21N3O2.ClH/c17-13-6-8-19(9-7-13)16(21)12-2-1-3-14(10-12)18-15(20)11-4-5-11;/h1-3,10-11,13H,4-9,17H2,(H,18,20);1H. The van der Waals surface area contributed by atoms with E-state index in [-0.39, 0.29) is 36.2 Å². The Balaban J connectivity index is 0.00000176. The number of nitrogens with one attached hydrogen (secondary N) is 1. The number of hydrogen-bond acceptors (Lipinski definition) is 3. The molecule has 0 unspecified atom stereocenters. The van der Waals surface area contributed by atoms with Crippen molar-refractivity contribution < 1.29 is 9.59 Å². The van der Waals surface area contributed by atoms with Gasteiger partial charge in [-0.25, -0.2) is 0 Å². The van der Waals surface area contributed by atoms with E-state index in [0.717, 1.165) is 25.7 Å².